The van der Waals surface area contributed by atoms with Gasteiger partial charge in [0.05, 0.1) is 26.1 Å². The highest BCUT2D eigenvalue weighted by atomic mass is 31.3. The summed E-state index contributed by atoms with van der Waals surface area (Å²) in [7, 11) is -16.4. The Bertz CT molecular complexity index is 1740. The molecule has 0 bridgehead atoms. The Morgan fingerprint density at radius 3 is 2.34 bits per heavy atom. The zero-order valence-electron chi connectivity index (χ0n) is 27.9. The first-order chi connectivity index (χ1) is 24.6. The van der Waals surface area contributed by atoms with Gasteiger partial charge in [0.25, 0.3) is 0 Å². The van der Waals surface area contributed by atoms with E-state index in [9.17, 15) is 57.9 Å². The molecular formula is C24H40N7O19P3. The number of carbonyl (C=O) groups excluding carboxylic acids is 3. The summed E-state index contributed by atoms with van der Waals surface area (Å²) < 4.78 is 61.8. The van der Waals surface area contributed by atoms with Crippen LogP contribution in [-0.4, -0.2) is 129 Å². The number of carbonyl (C=O) groups is 3. The normalized spacial score (nSPS) is 22.2. The number of rotatable bonds is 22. The van der Waals surface area contributed by atoms with Crippen LogP contribution in [0.5, 0.6) is 0 Å². The van der Waals surface area contributed by atoms with Gasteiger partial charge in [-0.2, -0.15) is 4.31 Å². The van der Waals surface area contributed by atoms with Crippen LogP contribution >= 0.6 is 23.5 Å². The van der Waals surface area contributed by atoms with Gasteiger partial charge in [-0.15, -0.1) is 0 Å². The Morgan fingerprint density at radius 1 is 1.02 bits per heavy atom. The summed E-state index contributed by atoms with van der Waals surface area (Å²) in [6.07, 6.45) is -7.12. The Hall–Kier alpha value is -2.87. The summed E-state index contributed by atoms with van der Waals surface area (Å²) in [5.74, 6) is -1.87. The van der Waals surface area contributed by atoms with Crippen molar-refractivity contribution >= 4 is 58.0 Å². The van der Waals surface area contributed by atoms with Gasteiger partial charge in [0.15, 0.2) is 17.7 Å². The van der Waals surface area contributed by atoms with Gasteiger partial charge in [0.2, 0.25) is 11.8 Å². The number of anilines is 1. The fourth-order valence-electron chi connectivity index (χ4n) is 4.57. The van der Waals surface area contributed by atoms with E-state index in [4.69, 9.17) is 24.8 Å². The van der Waals surface area contributed by atoms with E-state index in [1.807, 2.05) is 0 Å². The van der Waals surface area contributed by atoms with E-state index in [1.165, 1.54) is 13.8 Å². The highest BCUT2D eigenvalue weighted by Crippen LogP contribution is 2.61. The van der Waals surface area contributed by atoms with Crippen molar-refractivity contribution in [1.82, 2.24) is 30.2 Å². The molecular weight excluding hydrogens is 783 g/mol. The lowest BCUT2D eigenvalue weighted by Crippen LogP contribution is -2.46. The molecule has 1 aliphatic rings. The molecule has 2 aromatic rings. The highest BCUT2D eigenvalue weighted by Gasteiger charge is 2.50. The molecule has 1 fully saturated rings. The first kappa shape index (κ1) is 44.5. The maximum Gasteiger partial charge on any atom is 0.481 e. The fourth-order valence-corrected chi connectivity index (χ4v) is 7.39. The molecule has 26 nitrogen and oxygen atoms in total. The average molecular weight is 824 g/mol. The number of nitrogens with two attached hydrogens (primary N) is 1. The number of aromatic nitrogens is 4. The minimum Gasteiger partial charge on any atom is -0.386 e. The molecule has 1 saturated heterocycles. The first-order valence-electron chi connectivity index (χ1n) is 15.2. The summed E-state index contributed by atoms with van der Waals surface area (Å²) in [6.45, 7) is -0.0358. The standard InChI is InChI=1S/C24H40N7O19P3/c1-24(2,19(35)22(36)27-7-4-15(33)26-6-3-13(32)5-8-45-37)10-47-53(43,44)50-52(41,42)46-9-14-18(49-51(38,39)40)17(34)23(48-14)31-12-30-16-20(25)28-11-29-21(16)31/h11-12,14,17-19,23,34-35,37H,3-10H2,1-2H3,(H,26,33)(H,27,36)(H,41,42)(H,43,44)(H2,25,28,29)(H2,38,39,40). The van der Waals surface area contributed by atoms with Gasteiger partial charge in [-0.3, -0.25) is 37.8 Å². The van der Waals surface area contributed by atoms with Gasteiger partial charge in [-0.25, -0.2) is 33.5 Å². The van der Waals surface area contributed by atoms with Gasteiger partial charge in [0, 0.05) is 37.8 Å². The van der Waals surface area contributed by atoms with Crippen LogP contribution in [0.4, 0.5) is 5.82 Å². The molecule has 11 N–H and O–H groups in total. The Kier molecular flexibility index (Phi) is 15.7. The van der Waals surface area contributed by atoms with E-state index in [0.29, 0.717) is 0 Å². The molecule has 7 unspecified atom stereocenters. The van der Waals surface area contributed by atoms with Crippen molar-refractivity contribution in [2.24, 2.45) is 5.41 Å². The number of amides is 2. The van der Waals surface area contributed by atoms with Gasteiger partial charge in [-0.05, 0) is 0 Å². The smallest absolute Gasteiger partial charge is 0.386 e. The molecule has 53 heavy (non-hydrogen) atoms. The van der Waals surface area contributed by atoms with Crippen molar-refractivity contribution in [3.63, 3.8) is 0 Å². The number of hydrogen-bond acceptors (Lipinski definition) is 19. The quantitative estimate of drug-likeness (QED) is 0.0357. The van der Waals surface area contributed by atoms with Crippen LogP contribution in [0.3, 0.4) is 0 Å². The number of aliphatic hydroxyl groups is 2. The molecule has 3 rings (SSSR count). The number of phosphoric ester groups is 3. The lowest BCUT2D eigenvalue weighted by atomic mass is 9.87. The second-order valence-corrected chi connectivity index (χ2v) is 16.2. The minimum atomic E-state index is -5.58. The number of aliphatic hydroxyl groups excluding tert-OH is 2. The van der Waals surface area contributed by atoms with E-state index in [1.54, 1.807) is 0 Å². The third kappa shape index (κ3) is 13.4. The van der Waals surface area contributed by atoms with Crippen LogP contribution in [0.1, 0.15) is 39.3 Å². The summed E-state index contributed by atoms with van der Waals surface area (Å²) in [4.78, 5) is 90.4. The minimum absolute atomic E-state index is 0.00101. The third-order valence-electron chi connectivity index (χ3n) is 7.28. The van der Waals surface area contributed by atoms with Gasteiger partial charge < -0.3 is 50.9 Å². The molecule has 2 amide bonds. The SMILES string of the molecule is CC(C)(COP(=O)(O)OP(=O)(O)OCC1OC(n2cnc3c(N)ncnc32)C(O)C1OP(=O)(O)O)C(O)C(=O)NCCC(=O)NCCC(=O)CCOO. The Labute approximate surface area is 299 Å². The van der Waals surface area contributed by atoms with Crippen LogP contribution in [0.15, 0.2) is 12.7 Å². The molecule has 0 radical (unpaired) electrons. The molecule has 300 valence electrons. The van der Waals surface area contributed by atoms with Crippen LogP contribution in [0.2, 0.25) is 0 Å². The molecule has 3 heterocycles. The topological polar surface area (TPSA) is 393 Å². The average Bonchev–Trinajstić information content (AvgIpc) is 3.61. The molecule has 29 heteroatoms. The van der Waals surface area contributed by atoms with E-state index in [2.05, 4.69) is 39.3 Å². The van der Waals surface area contributed by atoms with Gasteiger partial charge in [-0.1, -0.05) is 13.8 Å². The number of ether oxygens (including phenoxy) is 1. The molecule has 2 aromatic heterocycles. The number of nitrogens with one attached hydrogen (secondary N) is 2. The van der Waals surface area contributed by atoms with Crippen molar-refractivity contribution in [1.29, 1.82) is 0 Å². The molecule has 1 aliphatic heterocycles. The second kappa shape index (κ2) is 18.6. The number of nitrogen functional groups attached to an aromatic ring is 1. The lowest BCUT2D eigenvalue weighted by molar-refractivity contribution is -0.241. The predicted octanol–water partition coefficient (Wildman–Crippen LogP) is -1.76. The summed E-state index contributed by atoms with van der Waals surface area (Å²) in [5, 5.41) is 34.3. The maximum absolute atomic E-state index is 12.6. The molecule has 0 aliphatic carbocycles. The van der Waals surface area contributed by atoms with Crippen LogP contribution in [0, 0.1) is 5.41 Å². The summed E-state index contributed by atoms with van der Waals surface area (Å²) in [6, 6.07) is 0. The van der Waals surface area contributed by atoms with E-state index in [-0.39, 0.29) is 61.7 Å². The van der Waals surface area contributed by atoms with E-state index in [0.717, 1.165) is 17.2 Å². The van der Waals surface area contributed by atoms with Crippen molar-refractivity contribution in [3.8, 4) is 0 Å². The van der Waals surface area contributed by atoms with Crippen molar-refractivity contribution in [3.05, 3.63) is 12.7 Å². The Balaban J connectivity index is 1.52. The number of phosphoric acid groups is 3. The van der Waals surface area contributed by atoms with Crippen molar-refractivity contribution < 1.29 is 90.6 Å². The predicted molar refractivity (Wildman–Crippen MR) is 172 cm³/mol. The van der Waals surface area contributed by atoms with E-state index >= 15 is 0 Å². The number of hydrogen-bond donors (Lipinski definition) is 10. The third-order valence-corrected chi connectivity index (χ3v) is 10.4. The van der Waals surface area contributed by atoms with Crippen molar-refractivity contribution in [2.45, 2.75) is 63.8 Å². The molecule has 0 aromatic carbocycles. The summed E-state index contributed by atoms with van der Waals surface area (Å²) in [5.41, 5.74) is 4.21. The first-order valence-corrected chi connectivity index (χ1v) is 19.7. The molecule has 0 spiro atoms. The zero-order valence-corrected chi connectivity index (χ0v) is 30.6. The Morgan fingerprint density at radius 2 is 1.68 bits per heavy atom. The number of fused-ring (bicyclic) bond motifs is 1. The fraction of sp³-hybridized carbons (Fsp3) is 0.667. The molecule has 0 saturated carbocycles. The van der Waals surface area contributed by atoms with Crippen LogP contribution < -0.4 is 16.4 Å². The summed E-state index contributed by atoms with van der Waals surface area (Å²) >= 11 is 0. The lowest BCUT2D eigenvalue weighted by Gasteiger charge is -2.30. The number of nitrogens with zero attached hydrogens (tertiary/aromatic N) is 4. The highest BCUT2D eigenvalue weighted by molar-refractivity contribution is 7.61. The van der Waals surface area contributed by atoms with Gasteiger partial charge >= 0.3 is 23.5 Å². The number of imidazole rings is 1. The second-order valence-electron chi connectivity index (χ2n) is 11.9. The monoisotopic (exact) mass is 823 g/mol. The molecule has 7 atom stereocenters. The van der Waals surface area contributed by atoms with Crippen molar-refractivity contribution in [2.75, 3.05) is 38.6 Å². The largest absolute Gasteiger partial charge is 0.481 e. The number of Topliss-reactive ketones (excluding diaryl/α,β-unsaturated/α-hetero) is 1. The maximum atomic E-state index is 12.6. The zero-order chi connectivity index (χ0) is 39.8. The van der Waals surface area contributed by atoms with E-state index < -0.39 is 84.6 Å². The van der Waals surface area contributed by atoms with Crippen LogP contribution in [-0.2, 0) is 55.6 Å². The number of ketones is 1. The van der Waals surface area contributed by atoms with Crippen LogP contribution in [0.25, 0.3) is 11.2 Å². The van der Waals surface area contributed by atoms with Gasteiger partial charge in [0.1, 0.15) is 42.0 Å².